The van der Waals surface area contributed by atoms with Crippen molar-refractivity contribution < 1.29 is 14.3 Å². The zero-order valence-corrected chi connectivity index (χ0v) is 16.6. The van der Waals surface area contributed by atoms with Gasteiger partial charge in [-0.2, -0.15) is 5.26 Å². The van der Waals surface area contributed by atoms with Gasteiger partial charge in [0.2, 0.25) is 0 Å². The number of hydrogen-bond donors (Lipinski definition) is 0. The molecule has 4 rings (SSSR count). The molecule has 1 atom stereocenters. The van der Waals surface area contributed by atoms with Gasteiger partial charge in [0.15, 0.2) is 0 Å². The van der Waals surface area contributed by atoms with Gasteiger partial charge in [-0.1, -0.05) is 12.1 Å². The fourth-order valence-corrected chi connectivity index (χ4v) is 3.97. The molecule has 1 aliphatic carbocycles. The first-order valence-electron chi connectivity index (χ1n) is 9.80. The van der Waals surface area contributed by atoms with Crippen LogP contribution in [0.15, 0.2) is 24.3 Å². The monoisotopic (exact) mass is 382 g/mol. The van der Waals surface area contributed by atoms with Crippen molar-refractivity contribution in [3.63, 3.8) is 0 Å². The molecule has 1 aromatic rings. The molecular weight excluding hydrogens is 356 g/mol. The zero-order valence-electron chi connectivity index (χ0n) is 16.6. The number of nitrogens with zero attached hydrogens (tertiary/aromatic N) is 4. The zero-order chi connectivity index (χ0) is 20.1. The van der Waals surface area contributed by atoms with Gasteiger partial charge in [-0.05, 0) is 51.3 Å². The lowest BCUT2D eigenvalue weighted by atomic mass is 9.97. The number of rotatable bonds is 2. The molecule has 0 bridgehead atoms. The molecule has 3 aliphatic rings. The number of amides is 3. The number of piperazine rings is 1. The van der Waals surface area contributed by atoms with Crippen molar-refractivity contribution in [3.8, 4) is 6.07 Å². The molecule has 0 spiro atoms. The van der Waals surface area contributed by atoms with Crippen LogP contribution in [0.4, 0.5) is 15.3 Å². The van der Waals surface area contributed by atoms with Crippen LogP contribution in [0.2, 0.25) is 0 Å². The lowest BCUT2D eigenvalue weighted by Crippen LogP contribution is -2.54. The van der Waals surface area contributed by atoms with Crippen LogP contribution in [0.1, 0.15) is 39.2 Å². The van der Waals surface area contributed by atoms with Crippen molar-refractivity contribution in [1.29, 1.82) is 5.26 Å². The molecule has 3 fully saturated rings. The van der Waals surface area contributed by atoms with E-state index in [4.69, 9.17) is 4.74 Å². The highest BCUT2D eigenvalue weighted by Gasteiger charge is 2.45. The van der Waals surface area contributed by atoms with E-state index in [0.717, 1.165) is 24.1 Å². The fraction of sp³-hybridized carbons (Fsp3) is 0.571. The van der Waals surface area contributed by atoms with Gasteiger partial charge >= 0.3 is 12.1 Å². The van der Waals surface area contributed by atoms with Gasteiger partial charge in [0, 0.05) is 31.9 Å². The summed E-state index contributed by atoms with van der Waals surface area (Å²) in [6.45, 7) is 7.56. The van der Waals surface area contributed by atoms with Gasteiger partial charge in [-0.3, -0.25) is 4.90 Å². The second-order valence-electron chi connectivity index (χ2n) is 8.91. The number of carbonyl (C=O) groups excluding carboxylic acids is 2. The summed E-state index contributed by atoms with van der Waals surface area (Å²) in [7, 11) is 0. The Bertz CT molecular complexity index is 833. The van der Waals surface area contributed by atoms with E-state index in [9.17, 15) is 14.9 Å². The normalized spacial score (nSPS) is 23.3. The molecular formula is C21H26N4O3. The van der Waals surface area contributed by atoms with E-state index in [2.05, 4.69) is 6.07 Å². The molecule has 1 saturated carbocycles. The maximum absolute atomic E-state index is 12.9. The Balaban J connectivity index is 1.44. The average Bonchev–Trinajstić information content (AvgIpc) is 3.39. The van der Waals surface area contributed by atoms with Gasteiger partial charge in [0.25, 0.3) is 0 Å². The lowest BCUT2D eigenvalue weighted by molar-refractivity contribution is 0.0128. The summed E-state index contributed by atoms with van der Waals surface area (Å²) >= 11 is 0. The van der Waals surface area contributed by atoms with E-state index >= 15 is 0 Å². The van der Waals surface area contributed by atoms with Gasteiger partial charge in [0.05, 0.1) is 17.5 Å². The average molecular weight is 382 g/mol. The second-order valence-corrected chi connectivity index (χ2v) is 8.91. The molecule has 148 valence electrons. The van der Waals surface area contributed by atoms with E-state index in [0.29, 0.717) is 26.2 Å². The largest absolute Gasteiger partial charge is 0.444 e. The van der Waals surface area contributed by atoms with Crippen LogP contribution in [0, 0.1) is 11.3 Å². The van der Waals surface area contributed by atoms with Gasteiger partial charge in [-0.15, -0.1) is 0 Å². The summed E-state index contributed by atoms with van der Waals surface area (Å²) < 4.78 is 5.47. The number of urea groups is 1. The van der Waals surface area contributed by atoms with Crippen LogP contribution in [0.5, 0.6) is 0 Å². The Kier molecular flexibility index (Phi) is 4.25. The molecule has 2 heterocycles. The van der Waals surface area contributed by atoms with E-state index in [1.807, 2.05) is 49.9 Å². The number of benzene rings is 1. The highest BCUT2D eigenvalue weighted by Crippen LogP contribution is 2.47. The summed E-state index contributed by atoms with van der Waals surface area (Å²) in [6.07, 6.45) is 1.48. The summed E-state index contributed by atoms with van der Waals surface area (Å²) in [5.74, 6) is 0. The number of nitriles is 1. The molecule has 2 saturated heterocycles. The molecule has 28 heavy (non-hydrogen) atoms. The highest BCUT2D eigenvalue weighted by atomic mass is 16.6. The number of hydrogen-bond acceptors (Lipinski definition) is 4. The van der Waals surface area contributed by atoms with E-state index in [-0.39, 0.29) is 23.6 Å². The SMILES string of the molecule is CC(C)(C)OC(=O)N1CCN2C(=O)N(c3ccc(C4(C#N)CC4)cc3)C[C@@H]2C1. The van der Waals surface area contributed by atoms with E-state index < -0.39 is 5.60 Å². The fourth-order valence-electron chi connectivity index (χ4n) is 3.97. The van der Waals surface area contributed by atoms with Gasteiger partial charge in [-0.25, -0.2) is 9.59 Å². The van der Waals surface area contributed by atoms with Crippen molar-refractivity contribution in [1.82, 2.24) is 9.80 Å². The predicted octanol–water partition coefficient (Wildman–Crippen LogP) is 3.10. The molecule has 7 nitrogen and oxygen atoms in total. The molecule has 1 aromatic carbocycles. The highest BCUT2D eigenvalue weighted by molar-refractivity contribution is 5.95. The minimum atomic E-state index is -0.532. The third-order valence-electron chi connectivity index (χ3n) is 5.70. The van der Waals surface area contributed by atoms with Crippen molar-refractivity contribution in [3.05, 3.63) is 29.8 Å². The van der Waals surface area contributed by atoms with Crippen LogP contribution in [-0.4, -0.2) is 59.7 Å². The van der Waals surface area contributed by atoms with Crippen LogP contribution in [0.3, 0.4) is 0 Å². The second kappa shape index (κ2) is 6.40. The van der Waals surface area contributed by atoms with E-state index in [1.165, 1.54) is 0 Å². The van der Waals surface area contributed by atoms with Crippen molar-refractivity contribution in [2.75, 3.05) is 31.1 Å². The van der Waals surface area contributed by atoms with Gasteiger partial charge in [0.1, 0.15) is 5.60 Å². The predicted molar refractivity (Wildman–Crippen MR) is 104 cm³/mol. The summed E-state index contributed by atoms with van der Waals surface area (Å²) in [6, 6.07) is 10.1. The Morgan fingerprint density at radius 1 is 1.18 bits per heavy atom. The first kappa shape index (κ1) is 18.6. The van der Waals surface area contributed by atoms with Crippen molar-refractivity contribution in [2.45, 2.75) is 50.7 Å². The Hall–Kier alpha value is -2.75. The number of ether oxygens (including phenoxy) is 1. The molecule has 0 aromatic heterocycles. The van der Waals surface area contributed by atoms with Gasteiger partial charge < -0.3 is 14.5 Å². The number of fused-ring (bicyclic) bond motifs is 1. The Morgan fingerprint density at radius 2 is 1.86 bits per heavy atom. The first-order valence-corrected chi connectivity index (χ1v) is 9.80. The quantitative estimate of drug-likeness (QED) is 0.787. The first-order chi connectivity index (χ1) is 13.2. The topological polar surface area (TPSA) is 76.9 Å². The minimum absolute atomic E-state index is 0.0250. The molecule has 7 heteroatoms. The third kappa shape index (κ3) is 3.28. The summed E-state index contributed by atoms with van der Waals surface area (Å²) in [4.78, 5) is 30.5. The molecule has 0 unspecified atom stereocenters. The van der Waals surface area contributed by atoms with Crippen molar-refractivity contribution >= 4 is 17.8 Å². The summed E-state index contributed by atoms with van der Waals surface area (Å²) in [5.41, 5.74) is 1.01. The molecule has 2 aliphatic heterocycles. The van der Waals surface area contributed by atoms with Crippen LogP contribution in [-0.2, 0) is 10.2 Å². The number of carbonyl (C=O) groups is 2. The molecule has 0 N–H and O–H groups in total. The third-order valence-corrected chi connectivity index (χ3v) is 5.70. The molecule has 3 amide bonds. The summed E-state index contributed by atoms with van der Waals surface area (Å²) in [5, 5.41) is 9.35. The number of anilines is 1. The smallest absolute Gasteiger partial charge is 0.410 e. The lowest BCUT2D eigenvalue weighted by Gasteiger charge is -2.36. The Morgan fingerprint density at radius 3 is 2.43 bits per heavy atom. The molecule has 0 radical (unpaired) electrons. The van der Waals surface area contributed by atoms with Crippen LogP contribution < -0.4 is 4.90 Å². The maximum Gasteiger partial charge on any atom is 0.410 e. The van der Waals surface area contributed by atoms with E-state index in [1.54, 1.807) is 9.80 Å². The van der Waals surface area contributed by atoms with Crippen LogP contribution in [0.25, 0.3) is 0 Å². The standard InChI is InChI=1S/C21H26N4O3/c1-20(2,3)28-19(27)23-10-11-24-17(12-23)13-25(18(24)26)16-6-4-15(5-7-16)21(14-22)8-9-21/h4-7,17H,8-13H2,1-3H3/t17-/m0/s1. The maximum atomic E-state index is 12.9. The Labute approximate surface area is 165 Å². The van der Waals surface area contributed by atoms with Crippen LogP contribution >= 0.6 is 0 Å². The van der Waals surface area contributed by atoms with Crippen molar-refractivity contribution in [2.24, 2.45) is 0 Å². The minimum Gasteiger partial charge on any atom is -0.444 e.